The van der Waals surface area contributed by atoms with Crippen molar-refractivity contribution in [1.82, 2.24) is 4.90 Å². The number of piperidine rings is 1. The molecule has 100 valence electrons. The lowest BCUT2D eigenvalue weighted by Gasteiger charge is -2.37. The van der Waals surface area contributed by atoms with Crippen LogP contribution in [0.15, 0.2) is 30.3 Å². The van der Waals surface area contributed by atoms with Crippen molar-refractivity contribution >= 4 is 0 Å². The molecule has 0 aromatic heterocycles. The number of hydrogen-bond donors (Lipinski definition) is 0. The first kappa shape index (κ1) is 12.6. The van der Waals surface area contributed by atoms with Crippen molar-refractivity contribution in [3.8, 4) is 6.07 Å². The van der Waals surface area contributed by atoms with Crippen LogP contribution in [0.4, 0.5) is 8.78 Å². The molecule has 2 bridgehead atoms. The second-order valence-corrected chi connectivity index (χ2v) is 5.59. The Hall–Kier alpha value is -1.47. The Labute approximate surface area is 111 Å². The molecule has 1 aromatic rings. The fourth-order valence-corrected chi connectivity index (χ4v) is 3.42. The lowest BCUT2D eigenvalue weighted by molar-refractivity contribution is -0.0444. The van der Waals surface area contributed by atoms with Gasteiger partial charge in [0.15, 0.2) is 0 Å². The average molecular weight is 262 g/mol. The van der Waals surface area contributed by atoms with Gasteiger partial charge >= 0.3 is 0 Å². The van der Waals surface area contributed by atoms with Crippen LogP contribution in [0, 0.1) is 17.2 Å². The molecule has 0 N–H and O–H groups in total. The van der Waals surface area contributed by atoms with Gasteiger partial charge in [-0.25, -0.2) is 8.78 Å². The van der Waals surface area contributed by atoms with Gasteiger partial charge in [0.25, 0.3) is 5.92 Å². The van der Waals surface area contributed by atoms with E-state index in [1.54, 1.807) is 0 Å². The van der Waals surface area contributed by atoms with Crippen LogP contribution in [0.3, 0.4) is 0 Å². The third-order valence-corrected chi connectivity index (χ3v) is 4.32. The normalized spacial score (nSPS) is 33.0. The molecule has 2 heterocycles. The molecule has 1 aromatic carbocycles. The zero-order valence-electron chi connectivity index (χ0n) is 10.6. The van der Waals surface area contributed by atoms with E-state index in [0.29, 0.717) is 19.4 Å². The summed E-state index contributed by atoms with van der Waals surface area (Å²) in [7, 11) is 0. The molecular formula is C15H16F2N2. The summed E-state index contributed by atoms with van der Waals surface area (Å²) in [5.74, 6) is -2.86. The molecule has 2 aliphatic rings. The Bertz CT molecular complexity index is 495. The van der Waals surface area contributed by atoms with Gasteiger partial charge in [0.1, 0.15) is 0 Å². The van der Waals surface area contributed by atoms with Crippen LogP contribution in [-0.2, 0) is 6.54 Å². The molecule has 0 radical (unpaired) electrons. The molecule has 0 amide bonds. The van der Waals surface area contributed by atoms with Crippen LogP contribution >= 0.6 is 0 Å². The van der Waals surface area contributed by atoms with Crippen LogP contribution in [0.2, 0.25) is 0 Å². The van der Waals surface area contributed by atoms with E-state index in [2.05, 4.69) is 6.07 Å². The highest BCUT2D eigenvalue weighted by molar-refractivity contribution is 5.17. The van der Waals surface area contributed by atoms with Crippen molar-refractivity contribution in [3.63, 3.8) is 0 Å². The molecule has 19 heavy (non-hydrogen) atoms. The number of rotatable bonds is 2. The molecule has 3 atom stereocenters. The Balaban J connectivity index is 1.82. The summed E-state index contributed by atoms with van der Waals surface area (Å²) < 4.78 is 28.0. The van der Waals surface area contributed by atoms with Crippen LogP contribution in [-0.4, -0.2) is 22.9 Å². The number of benzene rings is 1. The summed E-state index contributed by atoms with van der Waals surface area (Å²) in [6, 6.07) is 11.0. The number of hydrogen-bond acceptors (Lipinski definition) is 2. The number of fused-ring (bicyclic) bond motifs is 2. The van der Waals surface area contributed by atoms with Gasteiger partial charge in [-0.15, -0.1) is 0 Å². The zero-order valence-corrected chi connectivity index (χ0v) is 10.6. The third-order valence-electron chi connectivity index (χ3n) is 4.32. The molecule has 0 aliphatic carbocycles. The molecule has 2 nitrogen and oxygen atoms in total. The minimum atomic E-state index is -2.65. The first-order chi connectivity index (χ1) is 9.10. The molecule has 2 fully saturated rings. The van der Waals surface area contributed by atoms with Crippen LogP contribution in [0.1, 0.15) is 24.8 Å². The Kier molecular flexibility index (Phi) is 3.02. The second-order valence-electron chi connectivity index (χ2n) is 5.59. The highest BCUT2D eigenvalue weighted by atomic mass is 19.3. The van der Waals surface area contributed by atoms with E-state index >= 15 is 0 Å². The summed E-state index contributed by atoms with van der Waals surface area (Å²) in [4.78, 5) is 1.91. The fraction of sp³-hybridized carbons (Fsp3) is 0.533. The lowest BCUT2D eigenvalue weighted by atomic mass is 9.91. The van der Waals surface area contributed by atoms with Crippen LogP contribution < -0.4 is 0 Å². The van der Waals surface area contributed by atoms with E-state index in [1.165, 1.54) is 0 Å². The van der Waals surface area contributed by atoms with E-state index in [0.717, 1.165) is 5.56 Å². The zero-order chi connectivity index (χ0) is 13.5. The topological polar surface area (TPSA) is 27.0 Å². The predicted molar refractivity (Wildman–Crippen MR) is 67.5 cm³/mol. The summed E-state index contributed by atoms with van der Waals surface area (Å²) in [5, 5.41) is 8.99. The van der Waals surface area contributed by atoms with E-state index in [4.69, 9.17) is 5.26 Å². The van der Waals surface area contributed by atoms with Crippen molar-refractivity contribution in [2.75, 3.05) is 0 Å². The minimum absolute atomic E-state index is 0.0946. The average Bonchev–Trinajstić information content (AvgIpc) is 2.55. The maximum absolute atomic E-state index is 14.0. The quantitative estimate of drug-likeness (QED) is 0.818. The molecule has 0 spiro atoms. The molecule has 0 saturated carbocycles. The van der Waals surface area contributed by atoms with Crippen molar-refractivity contribution in [2.45, 2.75) is 43.8 Å². The summed E-state index contributed by atoms with van der Waals surface area (Å²) >= 11 is 0. The molecular weight excluding hydrogens is 246 g/mol. The van der Waals surface area contributed by atoms with Gasteiger partial charge in [0.05, 0.1) is 12.1 Å². The number of nitrogens with zero attached hydrogens (tertiary/aromatic N) is 2. The van der Waals surface area contributed by atoms with Gasteiger partial charge in [0.2, 0.25) is 0 Å². The molecule has 2 aliphatic heterocycles. The van der Waals surface area contributed by atoms with Gasteiger partial charge < -0.3 is 0 Å². The maximum Gasteiger partial charge on any atom is 0.264 e. The van der Waals surface area contributed by atoms with Crippen molar-refractivity contribution in [2.24, 2.45) is 5.92 Å². The van der Waals surface area contributed by atoms with E-state index in [9.17, 15) is 8.78 Å². The Morgan fingerprint density at radius 1 is 1.26 bits per heavy atom. The first-order valence-corrected chi connectivity index (χ1v) is 6.67. The van der Waals surface area contributed by atoms with E-state index in [1.807, 2.05) is 35.2 Å². The van der Waals surface area contributed by atoms with Crippen molar-refractivity contribution < 1.29 is 8.78 Å². The summed E-state index contributed by atoms with van der Waals surface area (Å²) in [5.41, 5.74) is 1.06. The Morgan fingerprint density at radius 3 is 2.63 bits per heavy atom. The standard InChI is InChI=1S/C15H16F2N2/c16-15(17)8-13-6-12(9-18)7-14(15)19(13)10-11-4-2-1-3-5-11/h1-5,12-14H,6-8,10H2. The van der Waals surface area contributed by atoms with Crippen molar-refractivity contribution in [1.29, 1.82) is 5.26 Å². The van der Waals surface area contributed by atoms with Gasteiger partial charge in [-0.05, 0) is 18.4 Å². The molecule has 3 unspecified atom stereocenters. The van der Waals surface area contributed by atoms with Gasteiger partial charge in [-0.3, -0.25) is 4.90 Å². The number of nitriles is 1. The van der Waals surface area contributed by atoms with Gasteiger partial charge in [-0.2, -0.15) is 5.26 Å². The number of alkyl halides is 2. The van der Waals surface area contributed by atoms with E-state index in [-0.39, 0.29) is 18.4 Å². The number of halogens is 2. The van der Waals surface area contributed by atoms with E-state index < -0.39 is 12.0 Å². The monoisotopic (exact) mass is 262 g/mol. The predicted octanol–water partition coefficient (Wildman–Crippen LogP) is 3.20. The third kappa shape index (κ3) is 2.23. The maximum atomic E-state index is 14.0. The smallest absolute Gasteiger partial charge is 0.264 e. The molecule has 3 rings (SSSR count). The highest BCUT2D eigenvalue weighted by Gasteiger charge is 2.57. The first-order valence-electron chi connectivity index (χ1n) is 6.67. The summed E-state index contributed by atoms with van der Waals surface area (Å²) in [6.45, 7) is 0.559. The van der Waals surface area contributed by atoms with Crippen LogP contribution in [0.5, 0.6) is 0 Å². The highest BCUT2D eigenvalue weighted by Crippen LogP contribution is 2.47. The molecule has 2 saturated heterocycles. The SMILES string of the molecule is N#CC1CC2CC(F)(F)C(C1)N2Cc1ccccc1. The molecule has 4 heteroatoms. The fourth-order valence-electron chi connectivity index (χ4n) is 3.42. The largest absolute Gasteiger partial charge is 0.287 e. The summed E-state index contributed by atoms with van der Waals surface area (Å²) in [6.07, 6.45) is 0.783. The lowest BCUT2D eigenvalue weighted by Crippen LogP contribution is -2.45. The minimum Gasteiger partial charge on any atom is -0.287 e. The second kappa shape index (κ2) is 4.57. The van der Waals surface area contributed by atoms with Crippen molar-refractivity contribution in [3.05, 3.63) is 35.9 Å². The van der Waals surface area contributed by atoms with Gasteiger partial charge in [-0.1, -0.05) is 30.3 Å². The van der Waals surface area contributed by atoms with Gasteiger partial charge in [0, 0.05) is 24.9 Å². The Morgan fingerprint density at radius 2 is 2.00 bits per heavy atom. The van der Waals surface area contributed by atoms with Crippen LogP contribution in [0.25, 0.3) is 0 Å².